The minimum absolute atomic E-state index is 0.0504. The number of ether oxygens (including phenoxy) is 3. The number of carbonyl (C=O) groups is 1. The average molecular weight is 328 g/mol. The largest absolute Gasteiger partial charge is 0.459 e. The fourth-order valence-corrected chi connectivity index (χ4v) is 2.76. The van der Waals surface area contributed by atoms with E-state index in [0.29, 0.717) is 12.0 Å². The van der Waals surface area contributed by atoms with Gasteiger partial charge in [0.2, 0.25) is 0 Å². The summed E-state index contributed by atoms with van der Waals surface area (Å²) in [5.74, 6) is -0.422. The Morgan fingerprint density at radius 3 is 2.46 bits per heavy atom. The first kappa shape index (κ1) is 16.6. The van der Waals surface area contributed by atoms with Crippen LogP contribution in [0, 0.1) is 0 Å². The Kier molecular flexibility index (Phi) is 5.25. The Balaban J connectivity index is 1.59. The standard InChI is InChI=1S/C19H20O5/c1-22-16-11-18(20)24-17(16)12-23-19(21)15-9-7-14(8-10-15)13-5-3-2-4-6-13/h2-10,16-18,20H,11-12H2,1H3/t16-,17+,18+/m0/s1. The molecule has 3 atom stereocenters. The van der Waals surface area contributed by atoms with E-state index >= 15 is 0 Å². The highest BCUT2D eigenvalue weighted by molar-refractivity contribution is 5.90. The van der Waals surface area contributed by atoms with Crippen molar-refractivity contribution in [3.8, 4) is 11.1 Å². The van der Waals surface area contributed by atoms with Crippen LogP contribution in [0.25, 0.3) is 11.1 Å². The number of aliphatic hydroxyl groups is 1. The van der Waals surface area contributed by atoms with Gasteiger partial charge in [-0.25, -0.2) is 4.79 Å². The third-order valence-electron chi connectivity index (χ3n) is 4.09. The van der Waals surface area contributed by atoms with E-state index in [4.69, 9.17) is 14.2 Å². The van der Waals surface area contributed by atoms with Crippen LogP contribution in [0.2, 0.25) is 0 Å². The van der Waals surface area contributed by atoms with Crippen LogP contribution in [0.15, 0.2) is 54.6 Å². The van der Waals surface area contributed by atoms with Crippen molar-refractivity contribution in [3.63, 3.8) is 0 Å². The van der Waals surface area contributed by atoms with Gasteiger partial charge in [0.05, 0.1) is 11.7 Å². The molecule has 2 aromatic carbocycles. The Labute approximate surface area is 140 Å². The van der Waals surface area contributed by atoms with Crippen LogP contribution in [0.3, 0.4) is 0 Å². The number of esters is 1. The van der Waals surface area contributed by atoms with Crippen molar-refractivity contribution in [2.75, 3.05) is 13.7 Å². The Morgan fingerprint density at radius 2 is 1.79 bits per heavy atom. The van der Waals surface area contributed by atoms with Crippen molar-refractivity contribution >= 4 is 5.97 Å². The van der Waals surface area contributed by atoms with Gasteiger partial charge in [-0.1, -0.05) is 42.5 Å². The van der Waals surface area contributed by atoms with Crippen molar-refractivity contribution in [3.05, 3.63) is 60.2 Å². The molecule has 5 heteroatoms. The molecule has 1 heterocycles. The quantitative estimate of drug-likeness (QED) is 0.855. The molecule has 126 valence electrons. The van der Waals surface area contributed by atoms with Crippen LogP contribution >= 0.6 is 0 Å². The van der Waals surface area contributed by atoms with Crippen LogP contribution in [0.4, 0.5) is 0 Å². The molecule has 0 bridgehead atoms. The van der Waals surface area contributed by atoms with Crippen LogP contribution < -0.4 is 0 Å². The van der Waals surface area contributed by atoms with Crippen molar-refractivity contribution in [1.82, 2.24) is 0 Å². The van der Waals surface area contributed by atoms with E-state index in [1.165, 1.54) is 0 Å². The van der Waals surface area contributed by atoms with E-state index in [9.17, 15) is 9.90 Å². The summed E-state index contributed by atoms with van der Waals surface area (Å²) in [5.41, 5.74) is 2.60. The lowest BCUT2D eigenvalue weighted by molar-refractivity contribution is -0.111. The molecule has 2 aromatic rings. The summed E-state index contributed by atoms with van der Waals surface area (Å²) in [7, 11) is 1.54. The van der Waals surface area contributed by atoms with Crippen LogP contribution in [-0.4, -0.2) is 43.3 Å². The van der Waals surface area contributed by atoms with Gasteiger partial charge in [-0.15, -0.1) is 0 Å². The zero-order chi connectivity index (χ0) is 16.9. The highest BCUT2D eigenvalue weighted by atomic mass is 16.7. The topological polar surface area (TPSA) is 65.0 Å². The highest BCUT2D eigenvalue weighted by Crippen LogP contribution is 2.22. The lowest BCUT2D eigenvalue weighted by Crippen LogP contribution is -2.29. The first-order chi connectivity index (χ1) is 11.7. The molecular weight excluding hydrogens is 308 g/mol. The molecule has 24 heavy (non-hydrogen) atoms. The molecule has 1 aliphatic rings. The normalized spacial score (nSPS) is 23.2. The van der Waals surface area contributed by atoms with Crippen LogP contribution in [0.1, 0.15) is 16.8 Å². The summed E-state index contributed by atoms with van der Waals surface area (Å²) in [6.45, 7) is 0.0504. The predicted molar refractivity (Wildman–Crippen MR) is 88.5 cm³/mol. The summed E-state index contributed by atoms with van der Waals surface area (Å²) in [4.78, 5) is 12.1. The lowest BCUT2D eigenvalue weighted by atomic mass is 10.0. The molecule has 1 N–H and O–H groups in total. The molecule has 1 aliphatic heterocycles. The van der Waals surface area contributed by atoms with Gasteiger partial charge < -0.3 is 19.3 Å². The molecule has 0 unspecified atom stereocenters. The summed E-state index contributed by atoms with van der Waals surface area (Å²) < 4.78 is 15.8. The van der Waals surface area contributed by atoms with Crippen LogP contribution in [0.5, 0.6) is 0 Å². The van der Waals surface area contributed by atoms with E-state index in [1.807, 2.05) is 42.5 Å². The van der Waals surface area contributed by atoms with Gasteiger partial charge in [-0.2, -0.15) is 0 Å². The van der Waals surface area contributed by atoms with Crippen molar-refractivity contribution in [2.24, 2.45) is 0 Å². The second kappa shape index (κ2) is 7.57. The number of hydrogen-bond donors (Lipinski definition) is 1. The van der Waals surface area contributed by atoms with E-state index in [2.05, 4.69) is 0 Å². The van der Waals surface area contributed by atoms with E-state index in [1.54, 1.807) is 19.2 Å². The summed E-state index contributed by atoms with van der Waals surface area (Å²) >= 11 is 0. The number of benzene rings is 2. The molecule has 0 amide bonds. The summed E-state index contributed by atoms with van der Waals surface area (Å²) in [6.07, 6.45) is -1.21. The van der Waals surface area contributed by atoms with Crippen molar-refractivity contribution in [1.29, 1.82) is 0 Å². The first-order valence-electron chi connectivity index (χ1n) is 7.86. The second-order valence-electron chi connectivity index (χ2n) is 5.68. The Hall–Kier alpha value is -2.21. The smallest absolute Gasteiger partial charge is 0.338 e. The highest BCUT2D eigenvalue weighted by Gasteiger charge is 2.35. The van der Waals surface area contributed by atoms with Gasteiger partial charge >= 0.3 is 5.97 Å². The van der Waals surface area contributed by atoms with Crippen molar-refractivity contribution < 1.29 is 24.1 Å². The number of aliphatic hydroxyl groups excluding tert-OH is 1. The maximum atomic E-state index is 12.1. The van der Waals surface area contributed by atoms with Gasteiger partial charge in [0.25, 0.3) is 0 Å². The minimum Gasteiger partial charge on any atom is -0.459 e. The maximum absolute atomic E-state index is 12.1. The molecular formula is C19H20O5. The lowest BCUT2D eigenvalue weighted by Gasteiger charge is -2.16. The molecule has 0 aromatic heterocycles. The molecule has 0 saturated carbocycles. The van der Waals surface area contributed by atoms with Crippen LogP contribution in [-0.2, 0) is 14.2 Å². The van der Waals surface area contributed by atoms with E-state index in [-0.39, 0.29) is 12.7 Å². The first-order valence-corrected chi connectivity index (χ1v) is 7.86. The zero-order valence-electron chi connectivity index (χ0n) is 13.4. The van der Waals surface area contributed by atoms with Gasteiger partial charge in [-0.3, -0.25) is 0 Å². The number of methoxy groups -OCH3 is 1. The average Bonchev–Trinajstić information content (AvgIpc) is 3.00. The number of carbonyl (C=O) groups excluding carboxylic acids is 1. The summed E-state index contributed by atoms with van der Waals surface area (Å²) in [6, 6.07) is 17.2. The van der Waals surface area contributed by atoms with Gasteiger partial charge in [0.15, 0.2) is 6.29 Å². The van der Waals surface area contributed by atoms with Gasteiger partial charge in [0, 0.05) is 13.5 Å². The van der Waals surface area contributed by atoms with Crippen molar-refractivity contribution in [2.45, 2.75) is 24.9 Å². The monoisotopic (exact) mass is 328 g/mol. The molecule has 0 spiro atoms. The van der Waals surface area contributed by atoms with Gasteiger partial charge in [-0.05, 0) is 23.3 Å². The summed E-state index contributed by atoms with van der Waals surface area (Å²) in [5, 5.41) is 9.48. The zero-order valence-corrected chi connectivity index (χ0v) is 13.4. The minimum atomic E-state index is -0.871. The fraction of sp³-hybridized carbons (Fsp3) is 0.316. The van der Waals surface area contributed by atoms with E-state index < -0.39 is 18.4 Å². The molecule has 1 fully saturated rings. The second-order valence-corrected chi connectivity index (χ2v) is 5.68. The molecule has 0 aliphatic carbocycles. The third-order valence-corrected chi connectivity index (χ3v) is 4.09. The van der Waals surface area contributed by atoms with Gasteiger partial charge in [0.1, 0.15) is 12.7 Å². The Morgan fingerprint density at radius 1 is 1.12 bits per heavy atom. The molecule has 1 saturated heterocycles. The number of hydrogen-bond acceptors (Lipinski definition) is 5. The fourth-order valence-electron chi connectivity index (χ4n) is 2.76. The SMILES string of the molecule is CO[C@H]1C[C@H](O)O[C@@H]1COC(=O)c1ccc(-c2ccccc2)cc1. The molecule has 3 rings (SSSR count). The Bertz CT molecular complexity index is 668. The number of rotatable bonds is 5. The maximum Gasteiger partial charge on any atom is 0.338 e. The van der Waals surface area contributed by atoms with E-state index in [0.717, 1.165) is 11.1 Å². The third kappa shape index (κ3) is 3.82. The predicted octanol–water partition coefficient (Wildman–Crippen LogP) is 2.63. The molecule has 0 radical (unpaired) electrons. The molecule has 5 nitrogen and oxygen atoms in total.